The summed E-state index contributed by atoms with van der Waals surface area (Å²) in [7, 11) is 1.87. The number of aryl methyl sites for hydroxylation is 1. The predicted molar refractivity (Wildman–Crippen MR) is 77.3 cm³/mol. The predicted octanol–water partition coefficient (Wildman–Crippen LogP) is 1.16. The van der Waals surface area contributed by atoms with E-state index in [9.17, 15) is 4.79 Å². The van der Waals surface area contributed by atoms with Gasteiger partial charge in [0.15, 0.2) is 5.82 Å². The zero-order valence-corrected chi connectivity index (χ0v) is 12.7. The van der Waals surface area contributed by atoms with Crippen molar-refractivity contribution in [1.29, 1.82) is 0 Å². The Labute approximate surface area is 124 Å². The highest BCUT2D eigenvalue weighted by Gasteiger charge is 2.23. The Morgan fingerprint density at radius 2 is 2.30 bits per heavy atom. The number of rotatable bonds is 5. The second kappa shape index (κ2) is 5.35. The van der Waals surface area contributed by atoms with Gasteiger partial charge in [0.05, 0.1) is 18.4 Å². The zero-order valence-electron chi connectivity index (χ0n) is 11.1. The Morgan fingerprint density at radius 3 is 2.95 bits per heavy atom. The molecule has 2 heterocycles. The molecule has 1 aliphatic carbocycles. The van der Waals surface area contributed by atoms with Gasteiger partial charge < -0.3 is 9.88 Å². The molecule has 106 valence electrons. The van der Waals surface area contributed by atoms with Crippen LogP contribution >= 0.6 is 15.9 Å². The number of aromatic nitrogens is 5. The number of halogens is 1. The van der Waals surface area contributed by atoms with Crippen LogP contribution in [-0.4, -0.2) is 24.5 Å². The monoisotopic (exact) mass is 338 g/mol. The molecule has 0 saturated heterocycles. The van der Waals surface area contributed by atoms with Crippen LogP contribution < -0.4 is 10.9 Å². The highest BCUT2D eigenvalue weighted by Crippen LogP contribution is 2.30. The Kier molecular flexibility index (Phi) is 3.56. The van der Waals surface area contributed by atoms with E-state index in [0.29, 0.717) is 29.2 Å². The number of nitrogens with zero attached hydrogens (tertiary/aromatic N) is 5. The van der Waals surface area contributed by atoms with E-state index in [1.807, 2.05) is 11.6 Å². The second-order valence-electron chi connectivity index (χ2n) is 5.01. The summed E-state index contributed by atoms with van der Waals surface area (Å²) in [5.74, 6) is 1.41. The highest BCUT2D eigenvalue weighted by molar-refractivity contribution is 9.10. The molecular weight excluding hydrogens is 324 g/mol. The van der Waals surface area contributed by atoms with Crippen molar-refractivity contribution in [2.75, 3.05) is 5.32 Å². The first-order valence-corrected chi connectivity index (χ1v) is 7.27. The molecule has 0 spiro atoms. The minimum Gasteiger partial charge on any atom is -0.375 e. The van der Waals surface area contributed by atoms with Gasteiger partial charge in [0, 0.05) is 13.6 Å². The second-order valence-corrected chi connectivity index (χ2v) is 5.81. The molecular formula is C12H15BrN6O. The van der Waals surface area contributed by atoms with Crippen LogP contribution in [0.5, 0.6) is 0 Å². The number of hydrogen-bond donors (Lipinski definition) is 1. The van der Waals surface area contributed by atoms with E-state index >= 15 is 0 Å². The molecule has 2 aromatic heterocycles. The fraction of sp³-hybridized carbons (Fsp3) is 0.500. The third-order valence-corrected chi connectivity index (χ3v) is 4.12. The molecule has 1 aliphatic rings. The summed E-state index contributed by atoms with van der Waals surface area (Å²) in [6, 6.07) is 0. The van der Waals surface area contributed by atoms with Crippen molar-refractivity contribution in [2.45, 2.75) is 25.9 Å². The summed E-state index contributed by atoms with van der Waals surface area (Å²) in [5.41, 5.74) is 0.574. The number of nitrogens with one attached hydrogen (secondary N) is 1. The molecule has 0 atom stereocenters. The quantitative estimate of drug-likeness (QED) is 0.884. The van der Waals surface area contributed by atoms with Crippen molar-refractivity contribution in [3.8, 4) is 0 Å². The molecule has 0 aliphatic heterocycles. The summed E-state index contributed by atoms with van der Waals surface area (Å²) >= 11 is 3.35. The Morgan fingerprint density at radius 1 is 1.50 bits per heavy atom. The van der Waals surface area contributed by atoms with Gasteiger partial charge in [-0.2, -0.15) is 5.10 Å². The van der Waals surface area contributed by atoms with Gasteiger partial charge in [-0.15, -0.1) is 10.2 Å². The van der Waals surface area contributed by atoms with Crippen molar-refractivity contribution < 1.29 is 0 Å². The largest absolute Gasteiger partial charge is 0.375 e. The van der Waals surface area contributed by atoms with Crippen molar-refractivity contribution in [1.82, 2.24) is 24.5 Å². The minimum atomic E-state index is -0.0973. The average molecular weight is 339 g/mol. The van der Waals surface area contributed by atoms with Gasteiger partial charge in [0.1, 0.15) is 10.8 Å². The lowest BCUT2D eigenvalue weighted by atomic mass is 10.4. The average Bonchev–Trinajstić information content (AvgIpc) is 3.16. The normalized spacial score (nSPS) is 14.5. The highest BCUT2D eigenvalue weighted by atomic mass is 79.9. The fourth-order valence-electron chi connectivity index (χ4n) is 1.90. The fourth-order valence-corrected chi connectivity index (χ4v) is 2.35. The SMILES string of the molecule is Cn1cnnc1CNc1cnn(CC2CC2)c(=O)c1Br. The molecule has 2 aromatic rings. The standard InChI is InChI=1S/C12H15BrN6O/c1-18-7-15-17-10(18)5-14-9-4-16-19(6-8-2-3-8)12(20)11(9)13/h4,7-8,14H,2-3,5-6H2,1H3. The van der Waals surface area contributed by atoms with Crippen molar-refractivity contribution >= 4 is 21.6 Å². The first-order chi connectivity index (χ1) is 9.65. The Hall–Kier alpha value is -1.70. The van der Waals surface area contributed by atoms with Crippen LogP contribution in [0.4, 0.5) is 5.69 Å². The molecule has 0 unspecified atom stereocenters. The smallest absolute Gasteiger partial charge is 0.283 e. The van der Waals surface area contributed by atoms with Crippen LogP contribution in [0, 0.1) is 5.92 Å². The molecule has 0 radical (unpaired) electrons. The lowest BCUT2D eigenvalue weighted by Gasteiger charge is -2.09. The molecule has 1 N–H and O–H groups in total. The molecule has 20 heavy (non-hydrogen) atoms. The van der Waals surface area contributed by atoms with Gasteiger partial charge in [0.25, 0.3) is 5.56 Å². The van der Waals surface area contributed by atoms with Gasteiger partial charge in [-0.05, 0) is 34.7 Å². The van der Waals surface area contributed by atoms with Crippen molar-refractivity contribution in [3.63, 3.8) is 0 Å². The van der Waals surface area contributed by atoms with Gasteiger partial charge in [-0.3, -0.25) is 4.79 Å². The van der Waals surface area contributed by atoms with Crippen molar-refractivity contribution in [2.24, 2.45) is 13.0 Å². The minimum absolute atomic E-state index is 0.0973. The topological polar surface area (TPSA) is 77.6 Å². The molecule has 7 nitrogen and oxygen atoms in total. The maximum absolute atomic E-state index is 12.2. The van der Waals surface area contributed by atoms with Crippen LogP contribution in [0.25, 0.3) is 0 Å². The van der Waals surface area contributed by atoms with Crippen LogP contribution in [0.2, 0.25) is 0 Å². The van der Waals surface area contributed by atoms with Crippen LogP contribution in [0.15, 0.2) is 21.8 Å². The first-order valence-electron chi connectivity index (χ1n) is 6.47. The molecule has 0 amide bonds. The zero-order chi connectivity index (χ0) is 14.1. The molecule has 1 fully saturated rings. The maximum atomic E-state index is 12.2. The molecule has 3 rings (SSSR count). The Balaban J connectivity index is 1.75. The molecule has 0 aromatic carbocycles. The van der Waals surface area contributed by atoms with E-state index in [1.165, 1.54) is 17.5 Å². The molecule has 8 heteroatoms. The summed E-state index contributed by atoms with van der Waals surface area (Å²) in [4.78, 5) is 12.2. The van der Waals surface area contributed by atoms with E-state index in [1.54, 1.807) is 12.5 Å². The molecule has 1 saturated carbocycles. The van der Waals surface area contributed by atoms with E-state index in [2.05, 4.69) is 36.5 Å². The third kappa shape index (κ3) is 2.74. The summed E-state index contributed by atoms with van der Waals surface area (Å²) < 4.78 is 3.85. The van der Waals surface area contributed by atoms with Gasteiger partial charge in [-0.25, -0.2) is 4.68 Å². The summed E-state index contributed by atoms with van der Waals surface area (Å²) in [6.07, 6.45) is 5.69. The lowest BCUT2D eigenvalue weighted by molar-refractivity contribution is 0.531. The lowest BCUT2D eigenvalue weighted by Crippen LogP contribution is -2.25. The van der Waals surface area contributed by atoms with E-state index in [-0.39, 0.29) is 5.56 Å². The van der Waals surface area contributed by atoms with Crippen LogP contribution in [-0.2, 0) is 20.1 Å². The van der Waals surface area contributed by atoms with Gasteiger partial charge in [-0.1, -0.05) is 0 Å². The first kappa shape index (κ1) is 13.3. The summed E-state index contributed by atoms with van der Waals surface area (Å²) in [5, 5.41) is 15.1. The van der Waals surface area contributed by atoms with E-state index in [0.717, 1.165) is 5.82 Å². The van der Waals surface area contributed by atoms with Crippen molar-refractivity contribution in [3.05, 3.63) is 33.2 Å². The van der Waals surface area contributed by atoms with Gasteiger partial charge in [0.2, 0.25) is 0 Å². The maximum Gasteiger partial charge on any atom is 0.283 e. The van der Waals surface area contributed by atoms with E-state index < -0.39 is 0 Å². The van der Waals surface area contributed by atoms with E-state index in [4.69, 9.17) is 0 Å². The summed E-state index contributed by atoms with van der Waals surface area (Å²) in [6.45, 7) is 1.20. The number of hydrogen-bond acceptors (Lipinski definition) is 5. The molecule has 0 bridgehead atoms. The third-order valence-electron chi connectivity index (χ3n) is 3.36. The van der Waals surface area contributed by atoms with Gasteiger partial charge >= 0.3 is 0 Å². The van der Waals surface area contributed by atoms with Crippen LogP contribution in [0.1, 0.15) is 18.7 Å². The number of anilines is 1. The van der Waals surface area contributed by atoms with Crippen LogP contribution in [0.3, 0.4) is 0 Å². The Bertz CT molecular complexity index is 675.